The van der Waals surface area contributed by atoms with Gasteiger partial charge in [-0.05, 0) is 24.6 Å². The fourth-order valence-electron chi connectivity index (χ4n) is 1.38. The fraction of sp³-hybridized carbons (Fsp3) is 0.417. The first-order valence-corrected chi connectivity index (χ1v) is 5.09. The molecule has 0 bridgehead atoms. The number of aliphatic hydroxyl groups excluding tert-OH is 1. The van der Waals surface area contributed by atoms with Crippen LogP contribution in [-0.2, 0) is 11.0 Å². The molecular formula is C12H13F3O2. The largest absolute Gasteiger partial charge is 0.416 e. The van der Waals surface area contributed by atoms with E-state index in [9.17, 15) is 23.1 Å². The Morgan fingerprint density at radius 2 is 1.71 bits per heavy atom. The zero-order valence-electron chi connectivity index (χ0n) is 9.45. The summed E-state index contributed by atoms with van der Waals surface area (Å²) < 4.78 is 36.9. The molecule has 0 fully saturated rings. The molecule has 1 aromatic rings. The maximum atomic E-state index is 12.3. The summed E-state index contributed by atoms with van der Waals surface area (Å²) in [5.74, 6) is -0.843. The predicted molar refractivity (Wildman–Crippen MR) is 56.2 cm³/mol. The van der Waals surface area contributed by atoms with Crippen LogP contribution >= 0.6 is 0 Å². The average Bonchev–Trinajstić information content (AvgIpc) is 2.26. The van der Waals surface area contributed by atoms with Crippen LogP contribution in [0, 0.1) is 5.92 Å². The Morgan fingerprint density at radius 3 is 2.06 bits per heavy atom. The van der Waals surface area contributed by atoms with Crippen LogP contribution in [0.5, 0.6) is 0 Å². The third kappa shape index (κ3) is 3.30. The van der Waals surface area contributed by atoms with Gasteiger partial charge in [-0.1, -0.05) is 19.1 Å². The van der Waals surface area contributed by atoms with Gasteiger partial charge in [0.1, 0.15) is 5.78 Å². The molecule has 1 rings (SSSR count). The van der Waals surface area contributed by atoms with Gasteiger partial charge in [0, 0.05) is 5.92 Å². The van der Waals surface area contributed by atoms with Crippen molar-refractivity contribution in [2.75, 3.05) is 0 Å². The SMILES string of the molecule is CC(=O)[C@H](C)[C@H](O)c1ccc(C(F)(F)F)cc1. The second kappa shape index (κ2) is 4.87. The molecule has 2 atom stereocenters. The van der Waals surface area contributed by atoms with Gasteiger partial charge in [-0.3, -0.25) is 4.79 Å². The number of hydrogen-bond acceptors (Lipinski definition) is 2. The van der Waals surface area contributed by atoms with Crippen molar-refractivity contribution in [3.8, 4) is 0 Å². The van der Waals surface area contributed by atoms with Crippen molar-refractivity contribution in [2.24, 2.45) is 5.92 Å². The van der Waals surface area contributed by atoms with Gasteiger partial charge in [-0.2, -0.15) is 13.2 Å². The lowest BCUT2D eigenvalue weighted by atomic mass is 9.94. The normalized spacial score (nSPS) is 15.4. The fourth-order valence-corrected chi connectivity index (χ4v) is 1.38. The Hall–Kier alpha value is -1.36. The summed E-state index contributed by atoms with van der Waals surface area (Å²) in [5.41, 5.74) is -0.468. The van der Waals surface area contributed by atoms with Crippen molar-refractivity contribution < 1.29 is 23.1 Å². The van der Waals surface area contributed by atoms with E-state index in [0.29, 0.717) is 5.56 Å². The van der Waals surface area contributed by atoms with Gasteiger partial charge in [-0.15, -0.1) is 0 Å². The Labute approximate surface area is 97.1 Å². The molecule has 0 unspecified atom stereocenters. The highest BCUT2D eigenvalue weighted by molar-refractivity contribution is 5.78. The molecule has 0 heterocycles. The molecule has 0 spiro atoms. The van der Waals surface area contributed by atoms with E-state index >= 15 is 0 Å². The van der Waals surface area contributed by atoms with Crippen LogP contribution in [0.25, 0.3) is 0 Å². The third-order valence-corrected chi connectivity index (χ3v) is 2.69. The molecule has 1 aromatic carbocycles. The summed E-state index contributed by atoms with van der Waals surface area (Å²) in [6.07, 6.45) is -5.47. The van der Waals surface area contributed by atoms with Crippen molar-refractivity contribution in [3.63, 3.8) is 0 Å². The van der Waals surface area contributed by atoms with Crippen LogP contribution in [0.2, 0.25) is 0 Å². The maximum absolute atomic E-state index is 12.3. The highest BCUT2D eigenvalue weighted by Crippen LogP contribution is 2.31. The van der Waals surface area contributed by atoms with Gasteiger partial charge < -0.3 is 5.11 Å². The van der Waals surface area contributed by atoms with E-state index in [-0.39, 0.29) is 5.78 Å². The second-order valence-corrected chi connectivity index (χ2v) is 3.96. The first-order valence-electron chi connectivity index (χ1n) is 5.09. The van der Waals surface area contributed by atoms with E-state index in [0.717, 1.165) is 12.1 Å². The average molecular weight is 246 g/mol. The van der Waals surface area contributed by atoms with Crippen molar-refractivity contribution in [1.29, 1.82) is 0 Å². The number of ketones is 1. The first-order chi connectivity index (χ1) is 7.73. The van der Waals surface area contributed by atoms with Crippen molar-refractivity contribution >= 4 is 5.78 Å². The Balaban J connectivity index is 2.92. The van der Waals surface area contributed by atoms with E-state index in [1.807, 2.05) is 0 Å². The van der Waals surface area contributed by atoms with Crippen LogP contribution < -0.4 is 0 Å². The highest BCUT2D eigenvalue weighted by Gasteiger charge is 2.30. The van der Waals surface area contributed by atoms with Gasteiger partial charge >= 0.3 is 6.18 Å². The van der Waals surface area contributed by atoms with E-state index in [2.05, 4.69) is 0 Å². The van der Waals surface area contributed by atoms with Gasteiger partial charge in [0.05, 0.1) is 11.7 Å². The number of aliphatic hydroxyl groups is 1. The topological polar surface area (TPSA) is 37.3 Å². The number of rotatable bonds is 3. The summed E-state index contributed by atoms with van der Waals surface area (Å²) in [4.78, 5) is 11.0. The number of hydrogen-bond donors (Lipinski definition) is 1. The quantitative estimate of drug-likeness (QED) is 0.890. The Bertz CT molecular complexity index is 395. The van der Waals surface area contributed by atoms with Crippen LogP contribution in [-0.4, -0.2) is 10.9 Å². The van der Waals surface area contributed by atoms with Crippen molar-refractivity contribution in [3.05, 3.63) is 35.4 Å². The molecule has 0 radical (unpaired) electrons. The van der Waals surface area contributed by atoms with Crippen LogP contribution in [0.4, 0.5) is 13.2 Å². The maximum Gasteiger partial charge on any atom is 0.416 e. The highest BCUT2D eigenvalue weighted by atomic mass is 19.4. The number of alkyl halides is 3. The lowest BCUT2D eigenvalue weighted by molar-refractivity contribution is -0.137. The molecule has 17 heavy (non-hydrogen) atoms. The monoisotopic (exact) mass is 246 g/mol. The predicted octanol–water partition coefficient (Wildman–Crippen LogP) is 2.96. The van der Waals surface area contributed by atoms with Crippen molar-refractivity contribution in [2.45, 2.75) is 26.1 Å². The molecule has 0 saturated carbocycles. The zero-order chi connectivity index (χ0) is 13.2. The molecule has 0 saturated heterocycles. The molecule has 2 nitrogen and oxygen atoms in total. The summed E-state index contributed by atoms with van der Waals surface area (Å²) in [6, 6.07) is 4.16. The standard InChI is InChI=1S/C12H13F3O2/c1-7(8(2)16)11(17)9-3-5-10(6-4-9)12(13,14)15/h3-7,11,17H,1-2H3/t7-,11-/m0/s1. The number of benzene rings is 1. The molecule has 0 amide bonds. The third-order valence-electron chi connectivity index (χ3n) is 2.69. The molecule has 94 valence electrons. The molecule has 0 aromatic heterocycles. The smallest absolute Gasteiger partial charge is 0.388 e. The number of carbonyl (C=O) groups excluding carboxylic acids is 1. The number of Topliss-reactive ketones (excluding diaryl/α,β-unsaturated/α-hetero) is 1. The minimum Gasteiger partial charge on any atom is -0.388 e. The summed E-state index contributed by atoms with van der Waals surface area (Å²) in [7, 11) is 0. The van der Waals surface area contributed by atoms with E-state index in [1.54, 1.807) is 0 Å². The minimum absolute atomic E-state index is 0.211. The molecule has 0 aliphatic heterocycles. The van der Waals surface area contributed by atoms with Gasteiger partial charge in [0.25, 0.3) is 0 Å². The molecular weight excluding hydrogens is 233 g/mol. The van der Waals surface area contributed by atoms with Crippen LogP contribution in [0.3, 0.4) is 0 Å². The van der Waals surface area contributed by atoms with Gasteiger partial charge in [-0.25, -0.2) is 0 Å². The minimum atomic E-state index is -4.39. The van der Waals surface area contributed by atoms with E-state index in [1.165, 1.54) is 26.0 Å². The first kappa shape index (κ1) is 13.7. The molecule has 0 aliphatic carbocycles. The summed E-state index contributed by atoms with van der Waals surface area (Å²) in [6.45, 7) is 2.86. The Kier molecular flexibility index (Phi) is 3.93. The molecule has 0 aliphatic rings. The van der Waals surface area contributed by atoms with Crippen molar-refractivity contribution in [1.82, 2.24) is 0 Å². The Morgan fingerprint density at radius 1 is 1.24 bits per heavy atom. The number of carbonyl (C=O) groups is 1. The molecule has 1 N–H and O–H groups in total. The van der Waals surface area contributed by atoms with Gasteiger partial charge in [0.15, 0.2) is 0 Å². The van der Waals surface area contributed by atoms with E-state index < -0.39 is 23.8 Å². The second-order valence-electron chi connectivity index (χ2n) is 3.96. The lowest BCUT2D eigenvalue weighted by Crippen LogP contribution is -2.16. The zero-order valence-corrected chi connectivity index (χ0v) is 9.45. The summed E-state index contributed by atoms with van der Waals surface area (Å²) in [5, 5.41) is 9.75. The lowest BCUT2D eigenvalue weighted by Gasteiger charge is -2.17. The molecule has 5 heteroatoms. The van der Waals surface area contributed by atoms with Gasteiger partial charge in [0.2, 0.25) is 0 Å². The van der Waals surface area contributed by atoms with E-state index in [4.69, 9.17) is 0 Å². The van der Waals surface area contributed by atoms with Crippen LogP contribution in [0.1, 0.15) is 31.1 Å². The van der Waals surface area contributed by atoms with Crippen LogP contribution in [0.15, 0.2) is 24.3 Å². The number of halogens is 3. The summed E-state index contributed by atoms with van der Waals surface area (Å²) >= 11 is 0.